The summed E-state index contributed by atoms with van der Waals surface area (Å²) in [6.07, 6.45) is 4.66. The minimum atomic E-state index is -3.29. The lowest BCUT2D eigenvalue weighted by atomic mass is 9.80. The lowest BCUT2D eigenvalue weighted by Crippen LogP contribution is -2.14. The summed E-state index contributed by atoms with van der Waals surface area (Å²) in [5.74, 6) is 0.390. The van der Waals surface area contributed by atoms with E-state index in [1.165, 1.54) is 31.4 Å². The Morgan fingerprint density at radius 2 is 1.72 bits per heavy atom. The highest BCUT2D eigenvalue weighted by Crippen LogP contribution is 2.39. The van der Waals surface area contributed by atoms with Crippen LogP contribution < -0.4 is 5.32 Å². The van der Waals surface area contributed by atoms with Gasteiger partial charge in [0.15, 0.2) is 9.84 Å². The van der Waals surface area contributed by atoms with Crippen molar-refractivity contribution in [1.82, 2.24) is 0 Å². The second-order valence-electron chi connectivity index (χ2n) is 9.07. The van der Waals surface area contributed by atoms with Crippen LogP contribution in [-0.4, -0.2) is 20.1 Å². The lowest BCUT2D eigenvalue weighted by Gasteiger charge is -2.25. The molecule has 1 N–H and O–H groups in total. The van der Waals surface area contributed by atoms with E-state index in [0.29, 0.717) is 38.3 Å². The molecule has 1 saturated carbocycles. The van der Waals surface area contributed by atoms with Crippen LogP contribution in [-0.2, 0) is 27.5 Å². The average Bonchev–Trinajstić information content (AvgIpc) is 2.81. The Labute approximate surface area is 222 Å². The van der Waals surface area contributed by atoms with Crippen LogP contribution in [0.2, 0.25) is 10.0 Å². The SMILES string of the molecule is CCS(=O)(=O)c1ccc(CC(=O)Nc2cc(Cl)c(-c3ccc(CC4CCC4)c(C#N)c3)c(Cl)c2)cc1. The predicted octanol–water partition coefficient (Wildman–Crippen LogP) is 6.85. The number of rotatable bonds is 8. The monoisotopic (exact) mass is 540 g/mol. The molecule has 4 rings (SSSR count). The summed E-state index contributed by atoms with van der Waals surface area (Å²) in [7, 11) is -3.29. The average molecular weight is 542 g/mol. The van der Waals surface area contributed by atoms with Crippen molar-refractivity contribution in [3.8, 4) is 17.2 Å². The van der Waals surface area contributed by atoms with Crippen LogP contribution >= 0.6 is 23.2 Å². The molecule has 1 amide bonds. The number of nitrogens with one attached hydrogen (secondary N) is 1. The van der Waals surface area contributed by atoms with E-state index < -0.39 is 9.84 Å². The second kappa shape index (κ2) is 11.0. The Morgan fingerprint density at radius 1 is 1.06 bits per heavy atom. The van der Waals surface area contributed by atoms with E-state index >= 15 is 0 Å². The van der Waals surface area contributed by atoms with Crippen LogP contribution in [0.15, 0.2) is 59.5 Å². The number of benzene rings is 3. The van der Waals surface area contributed by atoms with Crippen molar-refractivity contribution >= 4 is 44.6 Å². The molecule has 1 fully saturated rings. The van der Waals surface area contributed by atoms with Gasteiger partial charge in [0.25, 0.3) is 0 Å². The van der Waals surface area contributed by atoms with Crippen molar-refractivity contribution in [3.63, 3.8) is 0 Å². The first kappa shape index (κ1) is 26.2. The Hall–Kier alpha value is -2.85. The molecule has 0 bridgehead atoms. The zero-order valence-corrected chi connectivity index (χ0v) is 22.2. The topological polar surface area (TPSA) is 87.0 Å². The van der Waals surface area contributed by atoms with E-state index in [4.69, 9.17) is 23.2 Å². The minimum Gasteiger partial charge on any atom is -0.326 e. The summed E-state index contributed by atoms with van der Waals surface area (Å²) >= 11 is 13.1. The van der Waals surface area contributed by atoms with Gasteiger partial charge in [-0.05, 0) is 59.4 Å². The maximum atomic E-state index is 12.6. The number of sulfone groups is 1. The number of amides is 1. The third-order valence-electron chi connectivity index (χ3n) is 6.61. The molecule has 36 heavy (non-hydrogen) atoms. The Bertz CT molecular complexity index is 1420. The van der Waals surface area contributed by atoms with Gasteiger partial charge in [0.05, 0.1) is 38.7 Å². The van der Waals surface area contributed by atoms with Gasteiger partial charge in [0.1, 0.15) is 0 Å². The van der Waals surface area contributed by atoms with Gasteiger partial charge in [-0.1, -0.05) is 73.7 Å². The fourth-order valence-corrected chi connectivity index (χ4v) is 5.90. The molecular weight excluding hydrogens is 515 g/mol. The molecule has 0 aliphatic heterocycles. The molecule has 0 unspecified atom stereocenters. The first-order valence-electron chi connectivity index (χ1n) is 11.8. The smallest absolute Gasteiger partial charge is 0.228 e. The molecular formula is C28H26Cl2N2O3S. The summed E-state index contributed by atoms with van der Waals surface area (Å²) in [5.41, 5.74) is 4.16. The van der Waals surface area contributed by atoms with Gasteiger partial charge in [-0.2, -0.15) is 5.26 Å². The molecule has 3 aromatic rings. The number of carbonyl (C=O) groups excluding carboxylic acids is 1. The molecule has 0 atom stereocenters. The molecule has 0 aromatic heterocycles. The summed E-state index contributed by atoms with van der Waals surface area (Å²) in [6, 6.07) is 17.6. The van der Waals surface area contributed by atoms with Crippen LogP contribution in [0.4, 0.5) is 5.69 Å². The molecule has 1 aliphatic carbocycles. The zero-order chi connectivity index (χ0) is 25.9. The van der Waals surface area contributed by atoms with Crippen molar-refractivity contribution in [1.29, 1.82) is 5.26 Å². The molecule has 3 aromatic carbocycles. The number of hydrogen-bond donors (Lipinski definition) is 1. The normalized spacial score (nSPS) is 13.6. The zero-order valence-electron chi connectivity index (χ0n) is 19.9. The molecule has 0 radical (unpaired) electrons. The maximum Gasteiger partial charge on any atom is 0.228 e. The fraction of sp³-hybridized carbons (Fsp3) is 0.286. The Kier molecular flexibility index (Phi) is 8.04. The number of nitriles is 1. The second-order valence-corrected chi connectivity index (χ2v) is 12.2. The van der Waals surface area contributed by atoms with Crippen LogP contribution in [0.3, 0.4) is 0 Å². The van der Waals surface area contributed by atoms with Gasteiger partial charge >= 0.3 is 0 Å². The summed E-state index contributed by atoms with van der Waals surface area (Å²) in [5, 5.41) is 13.2. The molecule has 0 saturated heterocycles. The largest absolute Gasteiger partial charge is 0.326 e. The van der Waals surface area contributed by atoms with Crippen LogP contribution in [0, 0.1) is 17.2 Å². The van der Waals surface area contributed by atoms with Crippen LogP contribution in [0.1, 0.15) is 42.9 Å². The van der Waals surface area contributed by atoms with Crippen molar-refractivity contribution in [3.05, 3.63) is 81.3 Å². The fourth-order valence-electron chi connectivity index (χ4n) is 4.31. The minimum absolute atomic E-state index is 0.0206. The molecule has 5 nitrogen and oxygen atoms in total. The van der Waals surface area contributed by atoms with Crippen molar-refractivity contribution in [2.75, 3.05) is 11.1 Å². The third kappa shape index (κ3) is 5.92. The number of nitrogens with zero attached hydrogens (tertiary/aromatic N) is 1. The van der Waals surface area contributed by atoms with E-state index in [1.54, 1.807) is 31.2 Å². The van der Waals surface area contributed by atoms with E-state index in [9.17, 15) is 18.5 Å². The van der Waals surface area contributed by atoms with E-state index in [2.05, 4.69) is 11.4 Å². The Morgan fingerprint density at radius 3 is 2.28 bits per heavy atom. The predicted molar refractivity (Wildman–Crippen MR) is 144 cm³/mol. The Balaban J connectivity index is 1.48. The van der Waals surface area contributed by atoms with E-state index in [1.807, 2.05) is 18.2 Å². The molecule has 186 valence electrons. The molecule has 8 heteroatoms. The number of carbonyl (C=O) groups is 1. The van der Waals surface area contributed by atoms with Gasteiger partial charge in [-0.25, -0.2) is 8.42 Å². The summed E-state index contributed by atoms with van der Waals surface area (Å²) < 4.78 is 23.9. The van der Waals surface area contributed by atoms with Crippen molar-refractivity contribution in [2.45, 2.75) is 43.9 Å². The van der Waals surface area contributed by atoms with Gasteiger partial charge in [-0.3, -0.25) is 4.79 Å². The highest BCUT2D eigenvalue weighted by molar-refractivity contribution is 7.91. The number of halogens is 2. The highest BCUT2D eigenvalue weighted by atomic mass is 35.5. The number of anilines is 1. The standard InChI is InChI=1S/C28H26Cl2N2O3S/c1-2-36(34,35)24-10-6-19(7-11-24)13-27(33)32-23-15-25(29)28(26(30)16-23)21-9-8-20(22(14-21)17-31)12-18-4-3-5-18/h6-11,14-16,18H,2-5,12-13H2,1H3,(H,32,33). The molecule has 1 aliphatic rings. The van der Waals surface area contributed by atoms with E-state index in [0.717, 1.165) is 17.5 Å². The lowest BCUT2D eigenvalue weighted by molar-refractivity contribution is -0.115. The van der Waals surface area contributed by atoms with E-state index in [-0.39, 0.29) is 23.0 Å². The molecule has 0 heterocycles. The summed E-state index contributed by atoms with van der Waals surface area (Å²) in [6.45, 7) is 1.59. The first-order valence-corrected chi connectivity index (χ1v) is 14.2. The maximum absolute atomic E-state index is 12.6. The van der Waals surface area contributed by atoms with Crippen molar-refractivity contribution in [2.24, 2.45) is 5.92 Å². The van der Waals surface area contributed by atoms with Crippen LogP contribution in [0.25, 0.3) is 11.1 Å². The van der Waals surface area contributed by atoms with Gasteiger partial charge in [-0.15, -0.1) is 0 Å². The number of hydrogen-bond acceptors (Lipinski definition) is 4. The van der Waals surface area contributed by atoms with Gasteiger partial charge < -0.3 is 5.32 Å². The highest BCUT2D eigenvalue weighted by Gasteiger charge is 2.20. The first-order chi connectivity index (χ1) is 17.2. The van der Waals surface area contributed by atoms with Crippen molar-refractivity contribution < 1.29 is 13.2 Å². The van der Waals surface area contributed by atoms with Gasteiger partial charge in [0, 0.05) is 11.3 Å². The quantitative estimate of drug-likeness (QED) is 0.338. The van der Waals surface area contributed by atoms with Crippen LogP contribution in [0.5, 0.6) is 0 Å². The third-order valence-corrected chi connectivity index (χ3v) is 8.95. The van der Waals surface area contributed by atoms with Gasteiger partial charge in [0.2, 0.25) is 5.91 Å². The summed E-state index contributed by atoms with van der Waals surface area (Å²) in [4.78, 5) is 12.8. The molecule has 0 spiro atoms.